The summed E-state index contributed by atoms with van der Waals surface area (Å²) in [5.74, 6) is 0.958. The van der Waals surface area contributed by atoms with Gasteiger partial charge in [-0.1, -0.05) is 24.3 Å². The van der Waals surface area contributed by atoms with Gasteiger partial charge in [0.25, 0.3) is 0 Å². The van der Waals surface area contributed by atoms with Crippen LogP contribution in [0.2, 0.25) is 0 Å². The van der Waals surface area contributed by atoms with Crippen molar-refractivity contribution in [2.45, 2.75) is 32.4 Å². The van der Waals surface area contributed by atoms with Crippen molar-refractivity contribution in [2.75, 3.05) is 19.6 Å². The van der Waals surface area contributed by atoms with E-state index in [2.05, 4.69) is 34.5 Å². The quantitative estimate of drug-likeness (QED) is 0.857. The fraction of sp³-hybridized carbons (Fsp3) is 0.600. The first-order valence-corrected chi connectivity index (χ1v) is 6.91. The molecule has 2 heteroatoms. The van der Waals surface area contributed by atoms with Crippen molar-refractivity contribution in [1.82, 2.24) is 10.2 Å². The van der Waals surface area contributed by atoms with Gasteiger partial charge in [0.15, 0.2) is 0 Å². The second-order valence-electron chi connectivity index (χ2n) is 5.46. The van der Waals surface area contributed by atoms with Gasteiger partial charge >= 0.3 is 0 Å². The molecule has 0 radical (unpaired) electrons. The van der Waals surface area contributed by atoms with Crippen LogP contribution < -0.4 is 5.32 Å². The zero-order chi connectivity index (χ0) is 11.5. The third-order valence-corrected chi connectivity index (χ3v) is 4.22. The van der Waals surface area contributed by atoms with Crippen molar-refractivity contribution in [2.24, 2.45) is 5.92 Å². The molecule has 92 valence electrons. The highest BCUT2D eigenvalue weighted by Crippen LogP contribution is 2.24. The Morgan fingerprint density at radius 3 is 2.35 bits per heavy atom. The predicted molar refractivity (Wildman–Crippen MR) is 70.8 cm³/mol. The number of fused-ring (bicyclic) bond motifs is 1. The Balaban J connectivity index is 1.48. The number of nitrogens with one attached hydrogen (secondary N) is 1. The maximum atomic E-state index is 3.44. The van der Waals surface area contributed by atoms with E-state index >= 15 is 0 Å². The highest BCUT2D eigenvalue weighted by Gasteiger charge is 2.20. The van der Waals surface area contributed by atoms with Gasteiger partial charge in [0, 0.05) is 13.1 Å². The fourth-order valence-electron chi connectivity index (χ4n) is 3.10. The lowest BCUT2D eigenvalue weighted by molar-refractivity contribution is 0.240. The normalized spacial score (nSPS) is 21.6. The molecule has 2 heterocycles. The molecule has 1 fully saturated rings. The van der Waals surface area contributed by atoms with Crippen LogP contribution in [0.1, 0.15) is 30.4 Å². The van der Waals surface area contributed by atoms with E-state index in [9.17, 15) is 0 Å². The van der Waals surface area contributed by atoms with Crippen LogP contribution in [0.4, 0.5) is 0 Å². The number of hydrogen-bond acceptors (Lipinski definition) is 2. The Morgan fingerprint density at radius 1 is 1.06 bits per heavy atom. The van der Waals surface area contributed by atoms with E-state index in [1.807, 2.05) is 0 Å². The summed E-state index contributed by atoms with van der Waals surface area (Å²) in [6, 6.07) is 8.88. The molecule has 0 saturated carbocycles. The molecule has 1 N–H and O–H groups in total. The van der Waals surface area contributed by atoms with E-state index in [4.69, 9.17) is 0 Å². The van der Waals surface area contributed by atoms with E-state index in [1.54, 1.807) is 0 Å². The van der Waals surface area contributed by atoms with Gasteiger partial charge in [-0.25, -0.2) is 0 Å². The maximum Gasteiger partial charge on any atom is 0.0240 e. The molecule has 0 bridgehead atoms. The van der Waals surface area contributed by atoms with Crippen LogP contribution in [0.5, 0.6) is 0 Å². The van der Waals surface area contributed by atoms with E-state index < -0.39 is 0 Å². The molecule has 0 unspecified atom stereocenters. The van der Waals surface area contributed by atoms with Gasteiger partial charge in [-0.3, -0.25) is 4.90 Å². The van der Waals surface area contributed by atoms with Crippen molar-refractivity contribution in [3.8, 4) is 0 Å². The molecule has 2 nitrogen and oxygen atoms in total. The molecule has 3 rings (SSSR count). The van der Waals surface area contributed by atoms with Gasteiger partial charge in [-0.05, 0) is 55.9 Å². The first-order valence-electron chi connectivity index (χ1n) is 6.91. The van der Waals surface area contributed by atoms with Gasteiger partial charge < -0.3 is 5.32 Å². The molecule has 0 amide bonds. The molecule has 1 aromatic rings. The molecule has 2 aliphatic rings. The number of piperidine rings is 1. The molecule has 0 aromatic heterocycles. The Kier molecular flexibility index (Phi) is 3.44. The molecule has 2 aliphatic heterocycles. The summed E-state index contributed by atoms with van der Waals surface area (Å²) in [6.45, 7) is 6.07. The third-order valence-electron chi connectivity index (χ3n) is 4.22. The lowest BCUT2D eigenvalue weighted by atomic mass is 9.94. The van der Waals surface area contributed by atoms with Gasteiger partial charge in [-0.2, -0.15) is 0 Å². The number of rotatable bonds is 3. The fourth-order valence-corrected chi connectivity index (χ4v) is 3.10. The lowest BCUT2D eigenvalue weighted by Gasteiger charge is -2.24. The third kappa shape index (κ3) is 2.70. The number of benzene rings is 1. The Hall–Kier alpha value is -0.860. The molecule has 0 aliphatic carbocycles. The van der Waals surface area contributed by atoms with E-state index in [-0.39, 0.29) is 0 Å². The van der Waals surface area contributed by atoms with Crippen molar-refractivity contribution >= 4 is 0 Å². The average molecular weight is 230 g/mol. The lowest BCUT2D eigenvalue weighted by Crippen LogP contribution is -2.30. The van der Waals surface area contributed by atoms with E-state index in [1.165, 1.54) is 63.1 Å². The van der Waals surface area contributed by atoms with Gasteiger partial charge in [-0.15, -0.1) is 0 Å². The van der Waals surface area contributed by atoms with Gasteiger partial charge in [0.05, 0.1) is 0 Å². The van der Waals surface area contributed by atoms with Crippen molar-refractivity contribution in [3.63, 3.8) is 0 Å². The van der Waals surface area contributed by atoms with Crippen LogP contribution in [-0.2, 0) is 13.1 Å². The van der Waals surface area contributed by atoms with Crippen LogP contribution in [-0.4, -0.2) is 24.5 Å². The molecule has 1 saturated heterocycles. The second kappa shape index (κ2) is 5.19. The summed E-state index contributed by atoms with van der Waals surface area (Å²) >= 11 is 0. The minimum absolute atomic E-state index is 0.958. The Bertz CT molecular complexity index is 344. The highest BCUT2D eigenvalue weighted by molar-refractivity contribution is 5.30. The Labute approximate surface area is 104 Å². The van der Waals surface area contributed by atoms with Crippen LogP contribution in [0.3, 0.4) is 0 Å². The highest BCUT2D eigenvalue weighted by atomic mass is 15.1. The monoisotopic (exact) mass is 230 g/mol. The summed E-state index contributed by atoms with van der Waals surface area (Å²) in [7, 11) is 0. The largest absolute Gasteiger partial charge is 0.317 e. The van der Waals surface area contributed by atoms with E-state index in [0.717, 1.165) is 5.92 Å². The molecular weight excluding hydrogens is 208 g/mol. The van der Waals surface area contributed by atoms with Crippen molar-refractivity contribution < 1.29 is 0 Å². The van der Waals surface area contributed by atoms with Crippen molar-refractivity contribution in [1.29, 1.82) is 0 Å². The summed E-state index contributed by atoms with van der Waals surface area (Å²) in [4.78, 5) is 2.60. The van der Waals surface area contributed by atoms with Gasteiger partial charge in [0.1, 0.15) is 0 Å². The summed E-state index contributed by atoms with van der Waals surface area (Å²) < 4.78 is 0. The van der Waals surface area contributed by atoms with Crippen LogP contribution in [0.25, 0.3) is 0 Å². The SMILES string of the molecule is c1ccc2c(c1)CN(CCC1CCNCC1)C2. The predicted octanol–water partition coefficient (Wildman–Crippen LogP) is 2.39. The minimum Gasteiger partial charge on any atom is -0.317 e. The molecule has 0 atom stereocenters. The van der Waals surface area contributed by atoms with E-state index in [0.29, 0.717) is 0 Å². The Morgan fingerprint density at radius 2 is 1.71 bits per heavy atom. The number of hydrogen-bond donors (Lipinski definition) is 1. The zero-order valence-electron chi connectivity index (χ0n) is 10.5. The first kappa shape index (κ1) is 11.2. The molecule has 1 aromatic carbocycles. The van der Waals surface area contributed by atoms with Crippen molar-refractivity contribution in [3.05, 3.63) is 35.4 Å². The zero-order valence-corrected chi connectivity index (χ0v) is 10.5. The van der Waals surface area contributed by atoms with Gasteiger partial charge in [0.2, 0.25) is 0 Å². The van der Waals surface area contributed by atoms with Crippen LogP contribution in [0, 0.1) is 5.92 Å². The standard InChI is InChI=1S/C15H22N2/c1-2-4-15-12-17(11-14(15)3-1)10-7-13-5-8-16-9-6-13/h1-4,13,16H,5-12H2. The second-order valence-corrected chi connectivity index (χ2v) is 5.46. The summed E-state index contributed by atoms with van der Waals surface area (Å²) in [5, 5.41) is 3.44. The minimum atomic E-state index is 0.958. The molecule has 0 spiro atoms. The van der Waals surface area contributed by atoms with Crippen LogP contribution in [0.15, 0.2) is 24.3 Å². The maximum absolute atomic E-state index is 3.44. The summed E-state index contributed by atoms with van der Waals surface area (Å²) in [6.07, 6.45) is 4.14. The smallest absolute Gasteiger partial charge is 0.0240 e. The van der Waals surface area contributed by atoms with Crippen LogP contribution >= 0.6 is 0 Å². The average Bonchev–Trinajstić information content (AvgIpc) is 2.80. The summed E-state index contributed by atoms with van der Waals surface area (Å²) in [5.41, 5.74) is 3.08. The molecular formula is C15H22N2. The topological polar surface area (TPSA) is 15.3 Å². The molecule has 17 heavy (non-hydrogen) atoms. The first-order chi connectivity index (χ1) is 8.42. The number of nitrogens with zero attached hydrogens (tertiary/aromatic N) is 1.